The van der Waals surface area contributed by atoms with Crippen LogP contribution in [0, 0.1) is 11.2 Å². The first-order valence-electron chi connectivity index (χ1n) is 6.13. The molecule has 0 unspecified atom stereocenters. The number of halogens is 2. The third kappa shape index (κ3) is 2.91. The summed E-state index contributed by atoms with van der Waals surface area (Å²) in [7, 11) is 0. The summed E-state index contributed by atoms with van der Waals surface area (Å²) < 4.78 is 14.5. The van der Waals surface area contributed by atoms with Crippen molar-refractivity contribution < 1.29 is 4.39 Å². The minimum Gasteiger partial charge on any atom is -0.350 e. The molecule has 0 saturated carbocycles. The molecule has 0 aromatic carbocycles. The Bertz CT molecular complexity index is 477. The molecule has 0 radical (unpaired) electrons. The molecule has 1 aliphatic heterocycles. The predicted molar refractivity (Wildman–Crippen MR) is 76.3 cm³/mol. The molecule has 2 heterocycles. The summed E-state index contributed by atoms with van der Waals surface area (Å²) in [5.74, 6) is 0.180. The second-order valence-electron chi connectivity index (χ2n) is 5.63. The van der Waals surface area contributed by atoms with Gasteiger partial charge in [0.1, 0.15) is 0 Å². The van der Waals surface area contributed by atoms with E-state index in [-0.39, 0.29) is 11.2 Å². The fourth-order valence-electron chi connectivity index (χ4n) is 2.18. The molecule has 1 aromatic heterocycles. The van der Waals surface area contributed by atoms with Crippen LogP contribution in [0.3, 0.4) is 0 Å². The van der Waals surface area contributed by atoms with Gasteiger partial charge in [-0.2, -0.15) is 0 Å². The van der Waals surface area contributed by atoms with E-state index in [2.05, 4.69) is 47.8 Å². The Hall–Kier alpha value is -0.900. The van der Waals surface area contributed by atoms with Crippen molar-refractivity contribution in [2.24, 2.45) is 5.41 Å². The van der Waals surface area contributed by atoms with E-state index in [1.165, 1.54) is 11.6 Å². The van der Waals surface area contributed by atoms with Gasteiger partial charge in [0.05, 0.1) is 0 Å². The van der Waals surface area contributed by atoms with E-state index >= 15 is 0 Å². The summed E-state index contributed by atoms with van der Waals surface area (Å²) in [6, 6.07) is 1.46. The van der Waals surface area contributed by atoms with E-state index in [4.69, 9.17) is 0 Å². The van der Waals surface area contributed by atoms with Crippen molar-refractivity contribution in [3.63, 3.8) is 0 Å². The molecule has 1 aliphatic rings. The van der Waals surface area contributed by atoms with Crippen LogP contribution in [0.2, 0.25) is 0 Å². The Morgan fingerprint density at radius 3 is 2.61 bits per heavy atom. The lowest BCUT2D eigenvalue weighted by molar-refractivity contribution is 0.471. The number of pyridine rings is 1. The maximum absolute atomic E-state index is 13.8. The van der Waals surface area contributed by atoms with Crippen molar-refractivity contribution in [3.8, 4) is 0 Å². The monoisotopic (exact) mass is 312 g/mol. The lowest BCUT2D eigenvalue weighted by Gasteiger charge is -2.32. The van der Waals surface area contributed by atoms with Crippen LogP contribution in [0.5, 0.6) is 0 Å². The fraction of sp³-hybridized carbons (Fsp3) is 0.500. The molecule has 2 nitrogen and oxygen atoms in total. The first-order chi connectivity index (χ1) is 8.38. The molecule has 2 rings (SSSR count). The van der Waals surface area contributed by atoms with Crippen LogP contribution in [-0.2, 0) is 0 Å². The summed E-state index contributed by atoms with van der Waals surface area (Å²) in [6.45, 7) is 8.21. The number of rotatable bonds is 1. The van der Waals surface area contributed by atoms with Gasteiger partial charge in [-0.05, 0) is 33.8 Å². The van der Waals surface area contributed by atoms with Gasteiger partial charge in [0, 0.05) is 23.8 Å². The molecule has 0 bridgehead atoms. The zero-order valence-corrected chi connectivity index (χ0v) is 12.6. The highest BCUT2D eigenvalue weighted by Crippen LogP contribution is 2.31. The largest absolute Gasteiger partial charge is 0.350 e. The van der Waals surface area contributed by atoms with E-state index < -0.39 is 0 Å². The van der Waals surface area contributed by atoms with Gasteiger partial charge in [0.25, 0.3) is 0 Å². The van der Waals surface area contributed by atoms with Gasteiger partial charge in [-0.1, -0.05) is 32.4 Å². The van der Waals surface area contributed by atoms with E-state index in [9.17, 15) is 4.39 Å². The molecule has 98 valence electrons. The van der Waals surface area contributed by atoms with Gasteiger partial charge >= 0.3 is 0 Å². The summed E-state index contributed by atoms with van der Waals surface area (Å²) in [6.07, 6.45) is 4.81. The summed E-state index contributed by atoms with van der Waals surface area (Å²) in [5, 5.41) is 0. The molecule has 0 atom stereocenters. The second kappa shape index (κ2) is 5.00. The smallest absolute Gasteiger partial charge is 0.166 e. The topological polar surface area (TPSA) is 16.1 Å². The molecule has 1 aromatic rings. The standard InChI is InChI=1S/C14H18BrFN2/c1-14(2,3)10-4-6-18(7-5-10)13-12(16)8-11(15)9-17-13/h4,8-9H,5-7H2,1-3H3. The van der Waals surface area contributed by atoms with Gasteiger partial charge in [-0.15, -0.1) is 0 Å². The minimum absolute atomic E-state index is 0.206. The quantitative estimate of drug-likeness (QED) is 0.724. The Labute approximate surface area is 116 Å². The minimum atomic E-state index is -0.267. The van der Waals surface area contributed by atoms with Crippen LogP contribution < -0.4 is 4.90 Å². The van der Waals surface area contributed by atoms with E-state index in [0.29, 0.717) is 10.3 Å². The average Bonchev–Trinajstić information content (AvgIpc) is 2.28. The number of hydrogen-bond acceptors (Lipinski definition) is 2. The van der Waals surface area contributed by atoms with Crippen LogP contribution in [0.4, 0.5) is 10.2 Å². The summed E-state index contributed by atoms with van der Waals surface area (Å²) >= 11 is 3.22. The van der Waals surface area contributed by atoms with Gasteiger partial charge < -0.3 is 4.90 Å². The Kier molecular flexibility index (Phi) is 3.76. The van der Waals surface area contributed by atoms with E-state index in [1.807, 2.05) is 4.90 Å². The van der Waals surface area contributed by atoms with Crippen molar-refractivity contribution in [2.45, 2.75) is 27.2 Å². The average molecular weight is 313 g/mol. The lowest BCUT2D eigenvalue weighted by Crippen LogP contribution is -2.32. The molecular weight excluding hydrogens is 295 g/mol. The molecule has 0 spiro atoms. The summed E-state index contributed by atoms with van der Waals surface area (Å²) in [5.41, 5.74) is 1.65. The zero-order valence-electron chi connectivity index (χ0n) is 11.0. The zero-order chi connectivity index (χ0) is 13.3. The van der Waals surface area contributed by atoms with Gasteiger partial charge in [-0.3, -0.25) is 0 Å². The third-order valence-corrected chi connectivity index (χ3v) is 3.69. The number of nitrogens with zero attached hydrogens (tertiary/aromatic N) is 2. The Balaban J connectivity index is 2.17. The fourth-order valence-corrected chi connectivity index (χ4v) is 2.49. The lowest BCUT2D eigenvalue weighted by atomic mass is 9.83. The van der Waals surface area contributed by atoms with Crippen LogP contribution in [0.1, 0.15) is 27.2 Å². The van der Waals surface area contributed by atoms with Crippen LogP contribution in [0.25, 0.3) is 0 Å². The van der Waals surface area contributed by atoms with Crippen molar-refractivity contribution in [2.75, 3.05) is 18.0 Å². The molecule has 0 saturated heterocycles. The maximum Gasteiger partial charge on any atom is 0.166 e. The molecular formula is C14H18BrFN2. The first-order valence-corrected chi connectivity index (χ1v) is 6.93. The van der Waals surface area contributed by atoms with Crippen molar-refractivity contribution in [3.05, 3.63) is 34.2 Å². The highest BCUT2D eigenvalue weighted by Gasteiger charge is 2.23. The summed E-state index contributed by atoms with van der Waals surface area (Å²) in [4.78, 5) is 6.15. The van der Waals surface area contributed by atoms with Crippen LogP contribution >= 0.6 is 15.9 Å². The number of aromatic nitrogens is 1. The molecule has 18 heavy (non-hydrogen) atoms. The van der Waals surface area contributed by atoms with Crippen molar-refractivity contribution in [1.29, 1.82) is 0 Å². The van der Waals surface area contributed by atoms with Crippen molar-refractivity contribution in [1.82, 2.24) is 4.98 Å². The second-order valence-corrected chi connectivity index (χ2v) is 6.55. The molecule has 0 aliphatic carbocycles. The number of hydrogen-bond donors (Lipinski definition) is 0. The Morgan fingerprint density at radius 1 is 1.39 bits per heavy atom. The SMILES string of the molecule is CC(C)(C)C1=CCN(c2ncc(Br)cc2F)CC1. The molecule has 0 fully saturated rings. The highest BCUT2D eigenvalue weighted by atomic mass is 79.9. The Morgan fingerprint density at radius 2 is 2.11 bits per heavy atom. The van der Waals surface area contributed by atoms with E-state index in [1.54, 1.807) is 6.20 Å². The molecule has 0 amide bonds. The number of anilines is 1. The predicted octanol–water partition coefficient (Wildman–Crippen LogP) is 4.17. The first kappa shape index (κ1) is 13.5. The van der Waals surface area contributed by atoms with Crippen LogP contribution in [-0.4, -0.2) is 18.1 Å². The highest BCUT2D eigenvalue weighted by molar-refractivity contribution is 9.10. The van der Waals surface area contributed by atoms with Gasteiger partial charge in [0.2, 0.25) is 0 Å². The van der Waals surface area contributed by atoms with Crippen LogP contribution in [0.15, 0.2) is 28.4 Å². The van der Waals surface area contributed by atoms with Gasteiger partial charge in [0.15, 0.2) is 11.6 Å². The molecule has 0 N–H and O–H groups in total. The van der Waals surface area contributed by atoms with Gasteiger partial charge in [-0.25, -0.2) is 9.37 Å². The third-order valence-electron chi connectivity index (χ3n) is 3.26. The van der Waals surface area contributed by atoms with E-state index in [0.717, 1.165) is 19.5 Å². The maximum atomic E-state index is 13.8. The molecule has 4 heteroatoms. The van der Waals surface area contributed by atoms with Crippen molar-refractivity contribution >= 4 is 21.7 Å². The normalized spacial score (nSPS) is 16.7.